The molecule has 0 radical (unpaired) electrons. The summed E-state index contributed by atoms with van der Waals surface area (Å²) in [6.07, 6.45) is 0.188. The zero-order chi connectivity index (χ0) is 16.0. The predicted octanol–water partition coefficient (Wildman–Crippen LogP) is 3.39. The maximum atomic E-state index is 12.2. The largest absolute Gasteiger partial charge is 0.481 e. The Kier molecular flexibility index (Phi) is 5.94. The van der Waals surface area contributed by atoms with E-state index in [0.29, 0.717) is 0 Å². The lowest BCUT2D eigenvalue weighted by Crippen LogP contribution is -2.35. The minimum absolute atomic E-state index is 0.0158. The molecule has 0 aliphatic rings. The van der Waals surface area contributed by atoms with Gasteiger partial charge in [0.1, 0.15) is 0 Å². The van der Waals surface area contributed by atoms with Crippen LogP contribution >= 0.6 is 0 Å². The van der Waals surface area contributed by atoms with E-state index in [1.165, 1.54) is 0 Å². The molecule has 0 bridgehead atoms. The lowest BCUT2D eigenvalue weighted by molar-refractivity contribution is -0.139. The monoisotopic (exact) mass is 291 g/mol. The zero-order valence-electron chi connectivity index (χ0n) is 13.2. The van der Waals surface area contributed by atoms with E-state index in [9.17, 15) is 9.59 Å². The van der Waals surface area contributed by atoms with E-state index in [-0.39, 0.29) is 30.7 Å². The topological polar surface area (TPSA) is 66.4 Å². The fourth-order valence-corrected chi connectivity index (χ4v) is 2.43. The number of amides is 1. The average molecular weight is 291 g/mol. The molecule has 2 N–H and O–H groups in total. The van der Waals surface area contributed by atoms with Crippen molar-refractivity contribution in [1.29, 1.82) is 0 Å². The molecular formula is C17H25NO3. The molecule has 1 rings (SSSR count). The lowest BCUT2D eigenvalue weighted by Gasteiger charge is -2.26. The summed E-state index contributed by atoms with van der Waals surface area (Å²) in [6.45, 7) is 7.71. The van der Waals surface area contributed by atoms with Gasteiger partial charge in [0.2, 0.25) is 5.91 Å². The Hall–Kier alpha value is -1.84. The highest BCUT2D eigenvalue weighted by atomic mass is 16.4. The molecular weight excluding hydrogens is 266 g/mol. The van der Waals surface area contributed by atoms with E-state index in [0.717, 1.165) is 5.56 Å². The second-order valence-electron chi connectivity index (χ2n) is 6.61. The molecule has 0 aromatic heterocycles. The van der Waals surface area contributed by atoms with Crippen LogP contribution in [-0.2, 0) is 9.59 Å². The number of carbonyl (C=O) groups is 2. The summed E-state index contributed by atoms with van der Waals surface area (Å²) in [7, 11) is 0. The van der Waals surface area contributed by atoms with Crippen LogP contribution in [0.1, 0.15) is 52.1 Å². The van der Waals surface area contributed by atoms with Crippen molar-refractivity contribution >= 4 is 11.9 Å². The van der Waals surface area contributed by atoms with E-state index >= 15 is 0 Å². The quantitative estimate of drug-likeness (QED) is 0.809. The summed E-state index contributed by atoms with van der Waals surface area (Å²) in [5, 5.41) is 11.9. The van der Waals surface area contributed by atoms with Gasteiger partial charge in [-0.1, -0.05) is 58.0 Å². The first-order valence-corrected chi connectivity index (χ1v) is 7.27. The van der Waals surface area contributed by atoms with E-state index in [2.05, 4.69) is 19.2 Å². The number of carbonyl (C=O) groups excluding carboxylic acids is 1. The number of benzene rings is 1. The van der Waals surface area contributed by atoms with Gasteiger partial charge in [0, 0.05) is 6.42 Å². The molecule has 0 spiro atoms. The summed E-state index contributed by atoms with van der Waals surface area (Å²) in [6, 6.07) is 9.77. The van der Waals surface area contributed by atoms with E-state index < -0.39 is 11.4 Å². The average Bonchev–Trinajstić information content (AvgIpc) is 2.34. The van der Waals surface area contributed by atoms with Crippen LogP contribution in [0.4, 0.5) is 0 Å². The summed E-state index contributed by atoms with van der Waals surface area (Å²) < 4.78 is 0. The van der Waals surface area contributed by atoms with Crippen molar-refractivity contribution in [3.8, 4) is 0 Å². The van der Waals surface area contributed by atoms with Crippen molar-refractivity contribution in [3.63, 3.8) is 0 Å². The summed E-state index contributed by atoms with van der Waals surface area (Å²) >= 11 is 0. The molecule has 0 saturated carbocycles. The first-order valence-electron chi connectivity index (χ1n) is 7.27. The van der Waals surface area contributed by atoms with Crippen LogP contribution in [0, 0.1) is 11.3 Å². The molecule has 0 fully saturated rings. The van der Waals surface area contributed by atoms with Gasteiger partial charge in [0.05, 0.1) is 12.5 Å². The number of hydrogen-bond donors (Lipinski definition) is 2. The molecule has 1 aromatic carbocycles. The lowest BCUT2D eigenvalue weighted by atomic mass is 9.85. The van der Waals surface area contributed by atoms with E-state index in [1.807, 2.05) is 30.3 Å². The number of rotatable bonds is 7. The molecule has 0 saturated heterocycles. The third-order valence-corrected chi connectivity index (χ3v) is 3.41. The molecule has 0 heterocycles. The van der Waals surface area contributed by atoms with Gasteiger partial charge >= 0.3 is 5.97 Å². The Morgan fingerprint density at radius 3 is 2.19 bits per heavy atom. The van der Waals surface area contributed by atoms with Crippen molar-refractivity contribution in [2.24, 2.45) is 11.3 Å². The summed E-state index contributed by atoms with van der Waals surface area (Å²) in [4.78, 5) is 23.0. The van der Waals surface area contributed by atoms with Gasteiger partial charge in [-0.25, -0.2) is 0 Å². The highest BCUT2D eigenvalue weighted by molar-refractivity contribution is 5.78. The van der Waals surface area contributed by atoms with Crippen LogP contribution in [0.3, 0.4) is 0 Å². The number of nitrogens with one attached hydrogen (secondary N) is 1. The summed E-state index contributed by atoms with van der Waals surface area (Å²) in [5.41, 5.74) is 0.519. The van der Waals surface area contributed by atoms with Gasteiger partial charge in [0.15, 0.2) is 0 Å². The molecule has 4 heteroatoms. The van der Waals surface area contributed by atoms with Crippen LogP contribution in [0.15, 0.2) is 30.3 Å². The molecule has 1 amide bonds. The highest BCUT2D eigenvalue weighted by Gasteiger charge is 2.27. The molecule has 4 nitrogen and oxygen atoms in total. The molecule has 1 aromatic rings. The summed E-state index contributed by atoms with van der Waals surface area (Å²) in [5.74, 6) is -0.723. The second kappa shape index (κ2) is 7.25. The molecule has 1 atom stereocenters. The fourth-order valence-electron chi connectivity index (χ4n) is 2.43. The van der Waals surface area contributed by atoms with Crippen LogP contribution < -0.4 is 5.32 Å². The molecule has 0 aliphatic carbocycles. The second-order valence-corrected chi connectivity index (χ2v) is 6.61. The standard InChI is InChI=1S/C17H25NO3/c1-12(2)16(13-8-6-5-7-9-13)18-14(19)10-17(3,4)11-15(20)21/h5-9,12,16H,10-11H2,1-4H3,(H,18,19)(H,20,21). The van der Waals surface area contributed by atoms with Crippen molar-refractivity contribution in [3.05, 3.63) is 35.9 Å². The fraction of sp³-hybridized carbons (Fsp3) is 0.529. The van der Waals surface area contributed by atoms with E-state index in [1.54, 1.807) is 13.8 Å². The Bertz CT molecular complexity index is 480. The van der Waals surface area contributed by atoms with Crippen LogP contribution in [-0.4, -0.2) is 17.0 Å². The molecule has 21 heavy (non-hydrogen) atoms. The molecule has 1 unspecified atom stereocenters. The number of aliphatic carboxylic acids is 1. The number of carboxylic acid groups (broad SMARTS) is 1. The normalized spacial score (nSPS) is 13.0. The number of carboxylic acids is 1. The van der Waals surface area contributed by atoms with Gasteiger partial charge in [-0.15, -0.1) is 0 Å². The predicted molar refractivity (Wildman–Crippen MR) is 82.8 cm³/mol. The van der Waals surface area contributed by atoms with E-state index in [4.69, 9.17) is 5.11 Å². The molecule has 116 valence electrons. The third-order valence-electron chi connectivity index (χ3n) is 3.41. The maximum Gasteiger partial charge on any atom is 0.303 e. The van der Waals surface area contributed by atoms with Gasteiger partial charge in [-0.05, 0) is 16.9 Å². The van der Waals surface area contributed by atoms with Gasteiger partial charge in [0.25, 0.3) is 0 Å². The minimum atomic E-state index is -0.878. The van der Waals surface area contributed by atoms with Crippen molar-refractivity contribution in [1.82, 2.24) is 5.32 Å². The Balaban J connectivity index is 2.72. The van der Waals surface area contributed by atoms with Crippen molar-refractivity contribution in [2.45, 2.75) is 46.6 Å². The molecule has 0 aliphatic heterocycles. The Morgan fingerprint density at radius 1 is 1.14 bits per heavy atom. The maximum absolute atomic E-state index is 12.2. The van der Waals surface area contributed by atoms with Gasteiger partial charge < -0.3 is 10.4 Å². The Morgan fingerprint density at radius 2 is 1.71 bits per heavy atom. The van der Waals surface area contributed by atoms with Gasteiger partial charge in [-0.2, -0.15) is 0 Å². The van der Waals surface area contributed by atoms with Crippen LogP contribution in [0.2, 0.25) is 0 Å². The van der Waals surface area contributed by atoms with Crippen LogP contribution in [0.25, 0.3) is 0 Å². The first kappa shape index (κ1) is 17.2. The SMILES string of the molecule is CC(C)C(NC(=O)CC(C)(C)CC(=O)O)c1ccccc1. The zero-order valence-corrected chi connectivity index (χ0v) is 13.2. The van der Waals surface area contributed by atoms with Gasteiger partial charge in [-0.3, -0.25) is 9.59 Å². The van der Waals surface area contributed by atoms with Crippen LogP contribution in [0.5, 0.6) is 0 Å². The minimum Gasteiger partial charge on any atom is -0.481 e. The number of hydrogen-bond acceptors (Lipinski definition) is 2. The van der Waals surface area contributed by atoms with Crippen molar-refractivity contribution in [2.75, 3.05) is 0 Å². The smallest absolute Gasteiger partial charge is 0.303 e. The Labute approximate surface area is 126 Å². The highest BCUT2D eigenvalue weighted by Crippen LogP contribution is 2.27. The first-order chi connectivity index (χ1) is 9.71. The third kappa shape index (κ3) is 5.98. The van der Waals surface area contributed by atoms with Crippen molar-refractivity contribution < 1.29 is 14.7 Å².